The zero-order valence-corrected chi connectivity index (χ0v) is 29.1. The van der Waals surface area contributed by atoms with Crippen LogP contribution in [0.2, 0.25) is 0 Å². The Kier molecular flexibility index (Phi) is 8.01. The van der Waals surface area contributed by atoms with Crippen LogP contribution in [0.4, 0.5) is 4.79 Å². The summed E-state index contributed by atoms with van der Waals surface area (Å²) in [5.41, 5.74) is 5.02. The third-order valence-corrected chi connectivity index (χ3v) is 13.3. The summed E-state index contributed by atoms with van der Waals surface area (Å²) in [6.45, 7) is 16.3. The number of benzene rings is 1. The first-order chi connectivity index (χ1) is 21.8. The van der Waals surface area contributed by atoms with Gasteiger partial charge in [0.2, 0.25) is 0 Å². The average Bonchev–Trinajstić information content (AvgIpc) is 3.54. The van der Waals surface area contributed by atoms with E-state index >= 15 is 0 Å². The highest BCUT2D eigenvalue weighted by molar-refractivity contribution is 5.75. The van der Waals surface area contributed by atoms with E-state index in [2.05, 4.69) is 33.8 Å². The first-order valence-corrected chi connectivity index (χ1v) is 18.1. The molecule has 1 amide bonds. The van der Waals surface area contributed by atoms with Crippen LogP contribution >= 0.6 is 0 Å². The van der Waals surface area contributed by atoms with Crippen LogP contribution in [-0.2, 0) is 25.6 Å². The van der Waals surface area contributed by atoms with Gasteiger partial charge in [0.25, 0.3) is 0 Å². The number of carbonyl (C=O) groups is 2. The fourth-order valence-corrected chi connectivity index (χ4v) is 10.7. The molecule has 2 saturated heterocycles. The molecule has 0 bridgehead atoms. The van der Waals surface area contributed by atoms with E-state index < -0.39 is 5.41 Å². The van der Waals surface area contributed by atoms with Crippen molar-refractivity contribution in [3.8, 4) is 0 Å². The number of fused-ring (bicyclic) bond motifs is 6. The van der Waals surface area contributed by atoms with Crippen LogP contribution in [-0.4, -0.2) is 47.4 Å². The van der Waals surface area contributed by atoms with Crippen molar-refractivity contribution >= 4 is 12.1 Å². The number of esters is 1. The van der Waals surface area contributed by atoms with Crippen molar-refractivity contribution in [3.05, 3.63) is 58.7 Å². The Morgan fingerprint density at radius 3 is 2.57 bits per heavy atom. The van der Waals surface area contributed by atoms with Gasteiger partial charge in [0.15, 0.2) is 0 Å². The molecular formula is C40H55NO5. The van der Waals surface area contributed by atoms with Crippen LogP contribution in [0.3, 0.4) is 0 Å². The summed E-state index contributed by atoms with van der Waals surface area (Å²) in [6.07, 6.45) is 10.7. The SMILES string of the molecule is CC1=C2C[C@H]3C(CC=C4C[C@@H](OC(=O)C(C)(C)C)CC[C@@]43C)[C@@H]2CC[C@]12O[C@@H]1C[C@H](C)CN(C(=O)OCc3ccccc3)[C@H]1[C@H]2C. The molecule has 1 aromatic rings. The number of nitrogens with zero attached hydrogens (tertiary/aromatic N) is 1. The predicted octanol–water partition coefficient (Wildman–Crippen LogP) is 8.65. The molecule has 1 spiro atoms. The molecule has 6 aliphatic rings. The standard InChI is InChI=1S/C40H55NO5/c1-24-19-34-35(41(22-24)37(43)44-23-27-11-9-8-10-12-27)26(3)40(46-34)18-16-30-31-14-13-28-20-29(45-36(42)38(4,5)6)15-17-39(28,7)33(31)21-32(30)25(40)2/h8-13,24,26,29-31,33-35H,14-23H2,1-7H3/t24-,26+,29-,30-,31?,33-,34+,35-,39-,40-/m0/s1. The van der Waals surface area contributed by atoms with Crippen LogP contribution in [0, 0.1) is 40.4 Å². The van der Waals surface area contributed by atoms with Gasteiger partial charge >= 0.3 is 12.1 Å². The smallest absolute Gasteiger partial charge is 0.410 e. The topological polar surface area (TPSA) is 65.1 Å². The van der Waals surface area contributed by atoms with E-state index in [0.717, 1.165) is 63.5 Å². The lowest BCUT2D eigenvalue weighted by Gasteiger charge is -2.49. The molecule has 46 heavy (non-hydrogen) atoms. The molecule has 10 atom stereocenters. The minimum absolute atomic E-state index is 0.00342. The van der Waals surface area contributed by atoms with Crippen molar-refractivity contribution in [2.75, 3.05) is 6.54 Å². The van der Waals surface area contributed by atoms with Crippen LogP contribution in [0.1, 0.15) is 105 Å². The summed E-state index contributed by atoms with van der Waals surface area (Å²) >= 11 is 0. The number of amides is 1. The second kappa shape index (κ2) is 11.5. The first kappa shape index (κ1) is 32.0. The summed E-state index contributed by atoms with van der Waals surface area (Å²) in [5.74, 6) is 2.41. The number of rotatable bonds is 3. The minimum Gasteiger partial charge on any atom is -0.462 e. The van der Waals surface area contributed by atoms with E-state index in [1.165, 1.54) is 11.1 Å². The van der Waals surface area contributed by atoms with Crippen molar-refractivity contribution in [1.29, 1.82) is 0 Å². The molecule has 250 valence electrons. The van der Waals surface area contributed by atoms with Gasteiger partial charge in [-0.25, -0.2) is 4.79 Å². The molecule has 1 unspecified atom stereocenters. The molecule has 7 rings (SSSR count). The molecule has 4 fully saturated rings. The van der Waals surface area contributed by atoms with Crippen molar-refractivity contribution in [2.24, 2.45) is 40.4 Å². The summed E-state index contributed by atoms with van der Waals surface area (Å²) < 4.78 is 19.2. The predicted molar refractivity (Wildman–Crippen MR) is 179 cm³/mol. The fourth-order valence-electron chi connectivity index (χ4n) is 10.7. The van der Waals surface area contributed by atoms with Gasteiger partial charge in [-0.15, -0.1) is 0 Å². The summed E-state index contributed by atoms with van der Waals surface area (Å²) in [4.78, 5) is 28.3. The number of piperidine rings is 1. The van der Waals surface area contributed by atoms with E-state index in [1.807, 2.05) is 56.0 Å². The Morgan fingerprint density at radius 2 is 1.83 bits per heavy atom. The van der Waals surface area contributed by atoms with Gasteiger partial charge in [-0.05, 0) is 113 Å². The van der Waals surface area contributed by atoms with E-state index in [4.69, 9.17) is 14.2 Å². The Hall–Kier alpha value is -2.60. The highest BCUT2D eigenvalue weighted by atomic mass is 16.6. The van der Waals surface area contributed by atoms with Gasteiger partial charge < -0.3 is 19.1 Å². The molecule has 0 aromatic heterocycles. The number of ether oxygens (including phenoxy) is 3. The summed E-state index contributed by atoms with van der Waals surface area (Å²) in [7, 11) is 0. The molecule has 6 heteroatoms. The lowest BCUT2D eigenvalue weighted by molar-refractivity contribution is -0.160. The Bertz CT molecular complexity index is 1420. The maximum absolute atomic E-state index is 13.6. The highest BCUT2D eigenvalue weighted by Crippen LogP contribution is 2.65. The number of likely N-dealkylation sites (tertiary alicyclic amines) is 1. The second-order valence-electron chi connectivity index (χ2n) is 17.0. The Morgan fingerprint density at radius 1 is 1.07 bits per heavy atom. The molecule has 6 nitrogen and oxygen atoms in total. The Labute approximate surface area is 276 Å². The molecule has 0 N–H and O–H groups in total. The van der Waals surface area contributed by atoms with Crippen LogP contribution in [0.15, 0.2) is 53.1 Å². The van der Waals surface area contributed by atoms with E-state index in [9.17, 15) is 9.59 Å². The van der Waals surface area contributed by atoms with Gasteiger partial charge in [0, 0.05) is 18.9 Å². The second-order valence-corrected chi connectivity index (χ2v) is 17.0. The molecule has 2 saturated carbocycles. The maximum Gasteiger partial charge on any atom is 0.410 e. The van der Waals surface area contributed by atoms with Gasteiger partial charge in [0.05, 0.1) is 23.2 Å². The largest absolute Gasteiger partial charge is 0.462 e. The van der Waals surface area contributed by atoms with Crippen LogP contribution in [0.5, 0.6) is 0 Å². The molecule has 2 heterocycles. The van der Waals surface area contributed by atoms with E-state index in [-0.39, 0.29) is 47.2 Å². The molecule has 1 aromatic carbocycles. The van der Waals surface area contributed by atoms with Crippen molar-refractivity contribution in [3.63, 3.8) is 0 Å². The van der Waals surface area contributed by atoms with Gasteiger partial charge in [0.1, 0.15) is 12.7 Å². The molecular weight excluding hydrogens is 574 g/mol. The maximum atomic E-state index is 13.6. The summed E-state index contributed by atoms with van der Waals surface area (Å²) in [5, 5.41) is 0. The number of hydrogen-bond donors (Lipinski definition) is 0. The normalized spacial score (nSPS) is 40.1. The number of carbonyl (C=O) groups excluding carboxylic acids is 2. The zero-order valence-electron chi connectivity index (χ0n) is 29.1. The monoisotopic (exact) mass is 629 g/mol. The van der Waals surface area contributed by atoms with Crippen LogP contribution in [0.25, 0.3) is 0 Å². The highest BCUT2D eigenvalue weighted by Gasteiger charge is 2.62. The molecule has 2 aliphatic heterocycles. The van der Waals surface area contributed by atoms with Crippen molar-refractivity contribution in [1.82, 2.24) is 4.90 Å². The third kappa shape index (κ3) is 5.16. The quantitative estimate of drug-likeness (QED) is 0.247. The van der Waals surface area contributed by atoms with E-state index in [0.29, 0.717) is 30.3 Å². The first-order valence-electron chi connectivity index (χ1n) is 18.1. The third-order valence-electron chi connectivity index (χ3n) is 13.3. The van der Waals surface area contributed by atoms with Crippen LogP contribution < -0.4 is 0 Å². The average molecular weight is 630 g/mol. The van der Waals surface area contributed by atoms with Crippen molar-refractivity contribution in [2.45, 2.75) is 130 Å². The summed E-state index contributed by atoms with van der Waals surface area (Å²) in [6, 6.07) is 9.99. The van der Waals surface area contributed by atoms with Gasteiger partial charge in [-0.1, -0.05) is 68.3 Å². The molecule has 4 aliphatic carbocycles. The number of hydrogen-bond acceptors (Lipinski definition) is 5. The van der Waals surface area contributed by atoms with Crippen molar-refractivity contribution < 1.29 is 23.8 Å². The van der Waals surface area contributed by atoms with Gasteiger partial charge in [-0.3, -0.25) is 4.79 Å². The van der Waals surface area contributed by atoms with Gasteiger partial charge in [-0.2, -0.15) is 0 Å². The number of allylic oxidation sites excluding steroid dienone is 2. The molecule has 0 radical (unpaired) electrons. The lowest BCUT2D eigenvalue weighted by atomic mass is 9.56. The Balaban J connectivity index is 1.10. The minimum atomic E-state index is -0.470. The zero-order chi connectivity index (χ0) is 32.6. The fraction of sp³-hybridized carbons (Fsp3) is 0.700. The van der Waals surface area contributed by atoms with E-state index in [1.54, 1.807) is 5.57 Å². The lowest BCUT2D eigenvalue weighted by Crippen LogP contribution is -2.54.